The summed E-state index contributed by atoms with van der Waals surface area (Å²) in [5.74, 6) is 0. The minimum absolute atomic E-state index is 0.715. The van der Waals surface area contributed by atoms with Gasteiger partial charge in [0.1, 0.15) is 0 Å². The van der Waals surface area contributed by atoms with Crippen molar-refractivity contribution in [3.63, 3.8) is 0 Å². The second-order valence-electron chi connectivity index (χ2n) is 1.79. The summed E-state index contributed by atoms with van der Waals surface area (Å²) in [7, 11) is 5.21. The summed E-state index contributed by atoms with van der Waals surface area (Å²) in [5.41, 5.74) is 0. The van der Waals surface area contributed by atoms with Gasteiger partial charge >= 0.3 is 72.7 Å². The maximum absolute atomic E-state index is 4.96. The molecular weight excluding hydrogens is 127 g/mol. The van der Waals surface area contributed by atoms with E-state index in [0.29, 0.717) is 6.61 Å². The van der Waals surface area contributed by atoms with E-state index in [9.17, 15) is 0 Å². The van der Waals surface area contributed by atoms with Crippen molar-refractivity contribution in [1.29, 1.82) is 0 Å². The fourth-order valence-corrected chi connectivity index (χ4v) is 0.468. The van der Waals surface area contributed by atoms with Crippen LogP contribution in [0.4, 0.5) is 0 Å². The van der Waals surface area contributed by atoms with Crippen molar-refractivity contribution in [1.82, 2.24) is 0 Å². The van der Waals surface area contributed by atoms with Gasteiger partial charge < -0.3 is 0 Å². The van der Waals surface area contributed by atoms with Gasteiger partial charge in [-0.15, -0.1) is 0 Å². The Morgan fingerprint density at radius 1 is 1.09 bits per heavy atom. The Balaban J connectivity index is 3.42. The molecule has 0 aromatic carbocycles. The van der Waals surface area contributed by atoms with E-state index >= 15 is 0 Å². The van der Waals surface area contributed by atoms with Crippen molar-refractivity contribution in [2.75, 3.05) is 6.61 Å². The first kappa shape index (κ1) is 11.3. The fourth-order valence-electron chi connectivity index (χ4n) is 0.468. The summed E-state index contributed by atoms with van der Waals surface area (Å²) >= 11 is 0. The van der Waals surface area contributed by atoms with Crippen molar-refractivity contribution in [2.45, 2.75) is 6.92 Å². The van der Waals surface area contributed by atoms with Gasteiger partial charge in [0.2, 0.25) is 0 Å². The topological polar surface area (TPSA) is 9.23 Å². The second kappa shape index (κ2) is 10.3. The predicted octanol–water partition coefficient (Wildman–Crippen LogP) is -2.83. The molecule has 0 aromatic heterocycles. The molecule has 0 aromatic rings. The van der Waals surface area contributed by atoms with E-state index in [1.54, 1.807) is 13.7 Å². The molecule has 44 valence electrons. The molecule has 1 nitrogen and oxygen atoms in total. The average Bonchev–Trinajstić information content (AvgIpc) is 2.03. The molecule has 0 atom stereocenters. The number of hydrogen-bond donors (Lipinski definition) is 0. The Kier molecular flexibility index (Phi) is 10.6. The molecule has 0 rings (SSSR count). The molecule has 0 aliphatic carbocycles. The van der Waals surface area contributed by atoms with Crippen LogP contribution in [0.25, 0.3) is 0 Å². The molecule has 0 saturated carbocycles. The Bertz CT molecular complexity index is 171. The first-order valence-electron chi connectivity index (χ1n) is 3.64. The third-order valence-corrected chi connectivity index (χ3v) is 0.922. The van der Waals surface area contributed by atoms with Gasteiger partial charge in [0.15, 0.2) is 0 Å². The molecule has 9 heteroatoms. The third-order valence-electron chi connectivity index (χ3n) is 0.922. The van der Waals surface area contributed by atoms with Crippen LogP contribution in [0.2, 0.25) is 0 Å². The van der Waals surface area contributed by atoms with E-state index in [0.717, 1.165) is 0 Å². The van der Waals surface area contributed by atoms with Gasteiger partial charge in [-0.05, 0) is 0 Å². The van der Waals surface area contributed by atoms with Crippen LogP contribution in [0, 0.1) is 0 Å². The van der Waals surface area contributed by atoms with Crippen molar-refractivity contribution >= 4 is 54.5 Å². The van der Waals surface area contributed by atoms with Crippen molar-refractivity contribution in [2.24, 2.45) is 0 Å². The average molecular weight is 133 g/mol. The van der Waals surface area contributed by atoms with Gasteiger partial charge in [0.05, 0.1) is 0 Å². The predicted molar refractivity (Wildman–Crippen MR) is 59.1 cm³/mol. The molecule has 0 heterocycles. The van der Waals surface area contributed by atoms with Gasteiger partial charge in [-0.25, -0.2) is 0 Å². The van der Waals surface area contributed by atoms with Crippen molar-refractivity contribution < 1.29 is 4.65 Å². The van der Waals surface area contributed by atoms with Crippen molar-refractivity contribution in [3.8, 4) is 0 Å². The van der Waals surface area contributed by atoms with Crippen LogP contribution in [0.3, 0.4) is 0 Å². The van der Waals surface area contributed by atoms with Crippen LogP contribution < -0.4 is 0 Å². The Labute approximate surface area is 73.2 Å². The standard InChI is InChI=1S/C2H6B8O/c1-2-11-10-9-8-7-6-5-4-3/h3H,2H2,1H3. The number of rotatable bonds is 5. The summed E-state index contributed by atoms with van der Waals surface area (Å²) < 4.78 is 4.96. The Morgan fingerprint density at radius 2 is 1.73 bits per heavy atom. The molecule has 0 aliphatic heterocycles. The second-order valence-corrected chi connectivity index (χ2v) is 1.79. The first-order chi connectivity index (χ1) is 5.41. The molecule has 11 heavy (non-hydrogen) atoms. The molecule has 0 saturated heterocycles. The molecule has 0 spiro atoms. The minimum atomic E-state index is 0.715. The van der Waals surface area contributed by atoms with E-state index < -0.39 is 0 Å². The molecule has 0 aliphatic rings. The van der Waals surface area contributed by atoms with Gasteiger partial charge in [-0.1, -0.05) is 0 Å². The van der Waals surface area contributed by atoms with Crippen LogP contribution in [0.5, 0.6) is 0 Å². The summed E-state index contributed by atoms with van der Waals surface area (Å²) in [5, 5.41) is 0. The molecular formula is C2H6B8O. The fraction of sp³-hybridized carbons (Fsp3) is 1.00. The Hall–Kier alpha value is 0.319. The first-order valence-corrected chi connectivity index (χ1v) is 3.64. The normalized spacial score (nSPS) is 6.91. The maximum atomic E-state index is 4.96. The monoisotopic (exact) mass is 134 g/mol. The van der Waals surface area contributed by atoms with Gasteiger partial charge in [-0.3, -0.25) is 0 Å². The van der Waals surface area contributed by atoms with E-state index in [1.807, 2.05) is 40.4 Å². The molecule has 0 fully saturated rings. The van der Waals surface area contributed by atoms with Crippen molar-refractivity contribution in [3.05, 3.63) is 0 Å². The molecule has 0 radical (unpaired) electrons. The summed E-state index contributed by atoms with van der Waals surface area (Å²) in [6, 6.07) is 0. The molecule has 0 bridgehead atoms. The summed E-state index contributed by atoms with van der Waals surface area (Å²) in [4.78, 5) is 0. The van der Waals surface area contributed by atoms with Gasteiger partial charge in [0, 0.05) is 0 Å². The van der Waals surface area contributed by atoms with E-state index in [2.05, 4.69) is 7.37 Å². The molecule has 0 amide bonds. The Morgan fingerprint density at radius 3 is 2.36 bits per heavy atom. The van der Waals surface area contributed by atoms with E-state index in [4.69, 9.17) is 4.65 Å². The SMILES string of the molecule is B=BB=BB=BB=BOCC. The molecule has 0 N–H and O–H groups in total. The van der Waals surface area contributed by atoms with Crippen LogP contribution in [-0.4, -0.2) is 61.1 Å². The van der Waals surface area contributed by atoms with Crippen LogP contribution in [-0.2, 0) is 4.65 Å². The van der Waals surface area contributed by atoms with Crippen LogP contribution in [0.15, 0.2) is 0 Å². The zero-order valence-electron chi connectivity index (χ0n) is 6.86. The zero-order chi connectivity index (χ0) is 8.36. The zero-order valence-corrected chi connectivity index (χ0v) is 6.86. The summed E-state index contributed by atoms with van der Waals surface area (Å²) in [6.45, 7) is 13.8. The number of hydrogen-bond acceptors (Lipinski definition) is 1. The third kappa shape index (κ3) is 10.3. The molecule has 0 unspecified atom stereocenters. The van der Waals surface area contributed by atoms with E-state index in [-0.39, 0.29) is 0 Å². The van der Waals surface area contributed by atoms with Gasteiger partial charge in [0.25, 0.3) is 0 Å². The quantitative estimate of drug-likeness (QED) is 0.367. The van der Waals surface area contributed by atoms with E-state index in [1.165, 1.54) is 0 Å². The van der Waals surface area contributed by atoms with Gasteiger partial charge in [-0.2, -0.15) is 0 Å². The summed E-state index contributed by atoms with van der Waals surface area (Å²) in [6.07, 6.45) is 0. The van der Waals surface area contributed by atoms with Crippen LogP contribution >= 0.6 is 0 Å². The van der Waals surface area contributed by atoms with Crippen LogP contribution in [0.1, 0.15) is 6.92 Å².